The lowest BCUT2D eigenvalue weighted by Gasteiger charge is -2.03. The Bertz CT molecular complexity index is 462. The van der Waals surface area contributed by atoms with E-state index in [0.29, 0.717) is 5.25 Å². The van der Waals surface area contributed by atoms with Gasteiger partial charge in [0.2, 0.25) is 0 Å². The van der Waals surface area contributed by atoms with Crippen LogP contribution in [0.5, 0.6) is 0 Å². The van der Waals surface area contributed by atoms with Crippen molar-refractivity contribution in [2.45, 2.75) is 25.5 Å². The van der Waals surface area contributed by atoms with E-state index in [2.05, 4.69) is 48.3 Å². The highest BCUT2D eigenvalue weighted by Crippen LogP contribution is 2.18. The van der Waals surface area contributed by atoms with Crippen molar-refractivity contribution in [1.29, 1.82) is 0 Å². The molecule has 1 N–H and O–H groups in total. The molecular formula is C12H16N2S. The van der Waals surface area contributed by atoms with Gasteiger partial charge in [0.05, 0.1) is 11.0 Å². The smallest absolute Gasteiger partial charge is 0.108 e. The molecule has 0 radical (unpaired) electrons. The van der Waals surface area contributed by atoms with Gasteiger partial charge >= 0.3 is 0 Å². The summed E-state index contributed by atoms with van der Waals surface area (Å²) in [5.41, 5.74) is 3.51. The van der Waals surface area contributed by atoms with E-state index in [0.717, 1.165) is 23.3 Å². The van der Waals surface area contributed by atoms with Crippen LogP contribution < -0.4 is 0 Å². The molecule has 15 heavy (non-hydrogen) atoms. The molecule has 3 heteroatoms. The lowest BCUT2D eigenvalue weighted by Crippen LogP contribution is -2.01. The molecule has 2 aromatic rings. The fraction of sp³-hybridized carbons (Fsp3) is 0.417. The van der Waals surface area contributed by atoms with Crippen molar-refractivity contribution < 1.29 is 0 Å². The number of hydrogen-bond acceptors (Lipinski definition) is 2. The fourth-order valence-corrected chi connectivity index (χ4v) is 2.00. The number of nitrogens with one attached hydrogen (secondary N) is 1. The van der Waals surface area contributed by atoms with E-state index in [-0.39, 0.29) is 0 Å². The van der Waals surface area contributed by atoms with Crippen LogP contribution in [0.25, 0.3) is 11.0 Å². The predicted molar refractivity (Wildman–Crippen MR) is 67.5 cm³/mol. The first-order valence-electron chi connectivity index (χ1n) is 5.17. The average Bonchev–Trinajstić information content (AvgIpc) is 2.62. The van der Waals surface area contributed by atoms with Crippen LogP contribution >= 0.6 is 11.8 Å². The van der Waals surface area contributed by atoms with Crippen molar-refractivity contribution in [3.05, 3.63) is 29.6 Å². The Morgan fingerprint density at radius 1 is 1.47 bits per heavy atom. The van der Waals surface area contributed by atoms with Gasteiger partial charge in [-0.1, -0.05) is 19.1 Å². The zero-order valence-corrected chi connectivity index (χ0v) is 10.2. The minimum atomic E-state index is 0.617. The number of aryl methyl sites for hydroxylation is 1. The molecule has 0 aliphatic carbocycles. The van der Waals surface area contributed by atoms with E-state index in [9.17, 15) is 0 Å². The molecule has 80 valence electrons. The summed E-state index contributed by atoms with van der Waals surface area (Å²) in [6.45, 7) is 4.33. The minimum absolute atomic E-state index is 0.617. The molecule has 2 rings (SSSR count). The number of benzene rings is 1. The Labute approximate surface area is 94.5 Å². The van der Waals surface area contributed by atoms with Gasteiger partial charge in [0.1, 0.15) is 5.82 Å². The van der Waals surface area contributed by atoms with Gasteiger partial charge in [0.15, 0.2) is 0 Å². The van der Waals surface area contributed by atoms with Crippen LogP contribution in [0.1, 0.15) is 18.3 Å². The monoisotopic (exact) mass is 220 g/mol. The molecule has 0 spiro atoms. The molecule has 0 unspecified atom stereocenters. The third-order valence-electron chi connectivity index (χ3n) is 2.65. The molecule has 0 bridgehead atoms. The maximum absolute atomic E-state index is 4.63. The van der Waals surface area contributed by atoms with Gasteiger partial charge in [-0.2, -0.15) is 11.8 Å². The second kappa shape index (κ2) is 4.27. The van der Waals surface area contributed by atoms with Crippen LogP contribution in [0.3, 0.4) is 0 Å². The van der Waals surface area contributed by atoms with Crippen LogP contribution in [-0.4, -0.2) is 21.5 Å². The zero-order chi connectivity index (χ0) is 10.8. The van der Waals surface area contributed by atoms with Crippen molar-refractivity contribution >= 4 is 22.8 Å². The van der Waals surface area contributed by atoms with Crippen molar-refractivity contribution in [3.8, 4) is 0 Å². The summed E-state index contributed by atoms with van der Waals surface area (Å²) < 4.78 is 0. The van der Waals surface area contributed by atoms with Gasteiger partial charge in [0, 0.05) is 11.7 Å². The maximum atomic E-state index is 4.63. The van der Waals surface area contributed by atoms with E-state index < -0.39 is 0 Å². The Morgan fingerprint density at radius 2 is 2.27 bits per heavy atom. The van der Waals surface area contributed by atoms with Crippen LogP contribution in [0, 0.1) is 6.92 Å². The predicted octanol–water partition coefficient (Wildman–Crippen LogP) is 3.17. The topological polar surface area (TPSA) is 28.7 Å². The highest BCUT2D eigenvalue weighted by molar-refractivity contribution is 7.99. The number of imidazole rings is 1. The Morgan fingerprint density at radius 3 is 2.93 bits per heavy atom. The van der Waals surface area contributed by atoms with Gasteiger partial charge in [-0.05, 0) is 24.8 Å². The number of fused-ring (bicyclic) bond motifs is 1. The molecule has 0 fully saturated rings. The molecule has 0 saturated heterocycles. The summed E-state index contributed by atoms with van der Waals surface area (Å²) in [4.78, 5) is 8.01. The van der Waals surface area contributed by atoms with Crippen LogP contribution in [0.2, 0.25) is 0 Å². The van der Waals surface area contributed by atoms with Gasteiger partial charge in [0.25, 0.3) is 0 Å². The summed E-state index contributed by atoms with van der Waals surface area (Å²) in [6, 6.07) is 6.26. The van der Waals surface area contributed by atoms with Crippen molar-refractivity contribution in [3.63, 3.8) is 0 Å². The normalized spacial score (nSPS) is 13.3. The zero-order valence-electron chi connectivity index (χ0n) is 9.37. The van der Waals surface area contributed by atoms with Crippen LogP contribution in [-0.2, 0) is 6.42 Å². The molecule has 1 aromatic carbocycles. The average molecular weight is 220 g/mol. The standard InChI is InChI=1S/C12H16N2S/c1-8-5-4-6-10-12(8)14-11(13-10)7-9(2)15-3/h4-6,9H,7H2,1-3H3,(H,13,14)/t9-/m0/s1. The van der Waals surface area contributed by atoms with Gasteiger partial charge in [-0.25, -0.2) is 4.98 Å². The number of aromatic amines is 1. The first-order chi connectivity index (χ1) is 7.20. The number of H-pyrrole nitrogens is 1. The lowest BCUT2D eigenvalue weighted by molar-refractivity contribution is 0.880. The number of rotatable bonds is 3. The second-order valence-electron chi connectivity index (χ2n) is 3.91. The lowest BCUT2D eigenvalue weighted by atomic mass is 10.2. The SMILES string of the molecule is CS[C@@H](C)Cc1nc2c(C)cccc2[nH]1. The summed E-state index contributed by atoms with van der Waals surface area (Å²) in [5, 5.41) is 0.617. The van der Waals surface area contributed by atoms with Crippen molar-refractivity contribution in [1.82, 2.24) is 9.97 Å². The molecule has 0 aliphatic rings. The molecular weight excluding hydrogens is 204 g/mol. The van der Waals surface area contributed by atoms with Crippen molar-refractivity contribution in [2.24, 2.45) is 0 Å². The summed E-state index contributed by atoms with van der Waals surface area (Å²) in [7, 11) is 0. The number of thioether (sulfide) groups is 1. The molecule has 0 amide bonds. The Kier molecular flexibility index (Phi) is 3.00. The van der Waals surface area contributed by atoms with Gasteiger partial charge in [-0.15, -0.1) is 0 Å². The molecule has 2 nitrogen and oxygen atoms in total. The first-order valence-corrected chi connectivity index (χ1v) is 6.46. The highest BCUT2D eigenvalue weighted by atomic mass is 32.2. The third-order valence-corrected chi connectivity index (χ3v) is 3.62. The number of hydrogen-bond donors (Lipinski definition) is 1. The summed E-state index contributed by atoms with van der Waals surface area (Å²) in [5.74, 6) is 1.10. The van der Waals surface area contributed by atoms with E-state index >= 15 is 0 Å². The minimum Gasteiger partial charge on any atom is -0.342 e. The molecule has 1 heterocycles. The highest BCUT2D eigenvalue weighted by Gasteiger charge is 2.07. The molecule has 1 atom stereocenters. The largest absolute Gasteiger partial charge is 0.342 e. The number of para-hydroxylation sites is 1. The molecule has 0 saturated carbocycles. The maximum Gasteiger partial charge on any atom is 0.108 e. The fourth-order valence-electron chi connectivity index (χ4n) is 1.68. The van der Waals surface area contributed by atoms with Gasteiger partial charge in [-0.3, -0.25) is 0 Å². The quantitative estimate of drug-likeness (QED) is 0.860. The Balaban J connectivity index is 2.35. The number of nitrogens with zero attached hydrogens (tertiary/aromatic N) is 1. The van der Waals surface area contributed by atoms with Gasteiger partial charge < -0.3 is 4.98 Å². The van der Waals surface area contributed by atoms with E-state index in [1.807, 2.05) is 11.8 Å². The van der Waals surface area contributed by atoms with E-state index in [1.165, 1.54) is 5.56 Å². The van der Waals surface area contributed by atoms with Crippen LogP contribution in [0.4, 0.5) is 0 Å². The number of aromatic nitrogens is 2. The van der Waals surface area contributed by atoms with Crippen LogP contribution in [0.15, 0.2) is 18.2 Å². The molecule has 0 aliphatic heterocycles. The first kappa shape index (κ1) is 10.6. The van der Waals surface area contributed by atoms with E-state index in [1.54, 1.807) is 0 Å². The Hall–Kier alpha value is -0.960. The van der Waals surface area contributed by atoms with Crippen molar-refractivity contribution in [2.75, 3.05) is 6.26 Å². The van der Waals surface area contributed by atoms with E-state index in [4.69, 9.17) is 0 Å². The molecule has 1 aromatic heterocycles. The third kappa shape index (κ3) is 2.17. The summed E-state index contributed by atoms with van der Waals surface area (Å²) >= 11 is 1.87. The second-order valence-corrected chi connectivity index (χ2v) is 5.18. The summed E-state index contributed by atoms with van der Waals surface area (Å²) in [6.07, 6.45) is 3.15.